The minimum atomic E-state index is -1.04. The summed E-state index contributed by atoms with van der Waals surface area (Å²) in [6.45, 7) is 1.21. The quantitative estimate of drug-likeness (QED) is 0.603. The van der Waals surface area contributed by atoms with Crippen molar-refractivity contribution < 1.29 is 24.9 Å². The summed E-state index contributed by atoms with van der Waals surface area (Å²) >= 11 is 0. The van der Waals surface area contributed by atoms with Crippen LogP contribution in [-0.4, -0.2) is 47.5 Å². The number of benzene rings is 2. The molecule has 5 heteroatoms. The summed E-state index contributed by atoms with van der Waals surface area (Å²) in [5.74, 6) is -0.0349. The van der Waals surface area contributed by atoms with E-state index in [4.69, 9.17) is 4.74 Å². The zero-order chi connectivity index (χ0) is 18.3. The van der Waals surface area contributed by atoms with Gasteiger partial charge in [-0.1, -0.05) is 54.1 Å². The first-order chi connectivity index (χ1) is 12.0. The van der Waals surface area contributed by atoms with Crippen molar-refractivity contribution in [2.45, 2.75) is 13.5 Å². The number of hydrogen-bond donors (Lipinski definition) is 3. The maximum atomic E-state index is 12.4. The van der Waals surface area contributed by atoms with Crippen LogP contribution in [0.15, 0.2) is 48.5 Å². The SMILES string of the molecule is Cc1ccc(C(=O)c2ccc(COCC(CO)(CO)CO)cc2)cc1. The second-order valence-electron chi connectivity index (χ2n) is 6.36. The van der Waals surface area contributed by atoms with Gasteiger partial charge in [-0.25, -0.2) is 0 Å². The molecule has 0 saturated carbocycles. The van der Waals surface area contributed by atoms with Gasteiger partial charge >= 0.3 is 0 Å². The molecule has 0 radical (unpaired) electrons. The Bertz CT molecular complexity index is 664. The Morgan fingerprint density at radius 3 is 1.84 bits per heavy atom. The highest BCUT2D eigenvalue weighted by Gasteiger charge is 2.28. The molecule has 0 bridgehead atoms. The fourth-order valence-corrected chi connectivity index (χ4v) is 2.30. The maximum absolute atomic E-state index is 12.4. The molecule has 0 heterocycles. The van der Waals surface area contributed by atoms with Crippen LogP contribution in [0.1, 0.15) is 27.0 Å². The molecule has 5 nitrogen and oxygen atoms in total. The molecule has 2 rings (SSSR count). The number of aliphatic hydroxyl groups is 3. The van der Waals surface area contributed by atoms with Crippen LogP contribution in [0.25, 0.3) is 0 Å². The second kappa shape index (κ2) is 8.87. The lowest BCUT2D eigenvalue weighted by Gasteiger charge is -2.26. The predicted octanol–water partition coefficient (Wildman–Crippen LogP) is 1.71. The largest absolute Gasteiger partial charge is 0.396 e. The van der Waals surface area contributed by atoms with Crippen molar-refractivity contribution in [3.8, 4) is 0 Å². The third-order valence-electron chi connectivity index (χ3n) is 4.21. The van der Waals surface area contributed by atoms with Crippen LogP contribution in [-0.2, 0) is 11.3 Å². The Labute approximate surface area is 147 Å². The Morgan fingerprint density at radius 2 is 1.36 bits per heavy atom. The van der Waals surface area contributed by atoms with Crippen molar-refractivity contribution in [2.24, 2.45) is 5.41 Å². The number of hydrogen-bond acceptors (Lipinski definition) is 5. The first-order valence-corrected chi connectivity index (χ1v) is 8.14. The molecule has 0 amide bonds. The molecule has 2 aromatic rings. The van der Waals surface area contributed by atoms with Gasteiger partial charge in [-0.05, 0) is 12.5 Å². The van der Waals surface area contributed by atoms with E-state index in [-0.39, 0.29) is 38.8 Å². The molecular weight excluding hydrogens is 320 g/mol. The standard InChI is InChI=1S/C20H24O5/c1-15-2-6-17(7-3-15)19(24)18-8-4-16(5-9-18)10-25-14-20(11-21,12-22)13-23/h2-9,21-23H,10-14H2,1H3. The van der Waals surface area contributed by atoms with E-state index in [0.29, 0.717) is 11.1 Å². The predicted molar refractivity (Wildman–Crippen MR) is 94.4 cm³/mol. The monoisotopic (exact) mass is 344 g/mol. The summed E-state index contributed by atoms with van der Waals surface area (Å²) in [7, 11) is 0. The van der Waals surface area contributed by atoms with E-state index in [1.807, 2.05) is 31.2 Å². The Kier molecular flexibility index (Phi) is 6.84. The molecule has 0 aliphatic rings. The summed E-state index contributed by atoms with van der Waals surface area (Å²) in [4.78, 5) is 12.4. The molecular formula is C20H24O5. The van der Waals surface area contributed by atoms with Crippen molar-refractivity contribution in [3.63, 3.8) is 0 Å². The Balaban J connectivity index is 1.95. The molecule has 3 N–H and O–H groups in total. The lowest BCUT2D eigenvalue weighted by atomic mass is 9.93. The molecule has 0 aromatic heterocycles. The van der Waals surface area contributed by atoms with E-state index >= 15 is 0 Å². The number of aryl methyl sites for hydroxylation is 1. The third kappa shape index (κ3) is 4.96. The van der Waals surface area contributed by atoms with Crippen molar-refractivity contribution in [1.29, 1.82) is 0 Å². The number of ether oxygens (including phenoxy) is 1. The first-order valence-electron chi connectivity index (χ1n) is 8.14. The normalized spacial score (nSPS) is 11.5. The molecule has 0 saturated heterocycles. The van der Waals surface area contributed by atoms with Crippen LogP contribution >= 0.6 is 0 Å². The average Bonchev–Trinajstić information content (AvgIpc) is 2.66. The van der Waals surface area contributed by atoms with Gasteiger partial charge in [0.2, 0.25) is 0 Å². The lowest BCUT2D eigenvalue weighted by molar-refractivity contribution is -0.0621. The minimum absolute atomic E-state index is 0.0349. The maximum Gasteiger partial charge on any atom is 0.193 e. The van der Waals surface area contributed by atoms with Gasteiger partial charge in [0.25, 0.3) is 0 Å². The Hall–Kier alpha value is -2.05. The summed E-state index contributed by atoms with van der Waals surface area (Å²) < 4.78 is 5.49. The van der Waals surface area contributed by atoms with Crippen LogP contribution < -0.4 is 0 Å². The number of aliphatic hydroxyl groups excluding tert-OH is 3. The van der Waals surface area contributed by atoms with Crippen molar-refractivity contribution in [3.05, 3.63) is 70.8 Å². The van der Waals surface area contributed by atoms with Crippen LogP contribution in [0, 0.1) is 12.3 Å². The second-order valence-corrected chi connectivity index (χ2v) is 6.36. The number of carbonyl (C=O) groups excluding carboxylic acids is 1. The lowest BCUT2D eigenvalue weighted by Crippen LogP contribution is -2.38. The van der Waals surface area contributed by atoms with Gasteiger partial charge < -0.3 is 20.1 Å². The average molecular weight is 344 g/mol. The molecule has 0 atom stereocenters. The van der Waals surface area contributed by atoms with Crippen molar-refractivity contribution in [2.75, 3.05) is 26.4 Å². The smallest absolute Gasteiger partial charge is 0.193 e. The summed E-state index contributed by atoms with van der Waals surface area (Å²) in [6, 6.07) is 14.5. The molecule has 2 aromatic carbocycles. The van der Waals surface area contributed by atoms with Crippen LogP contribution in [0.4, 0.5) is 0 Å². The van der Waals surface area contributed by atoms with E-state index in [2.05, 4.69) is 0 Å². The molecule has 0 spiro atoms. The molecule has 0 aliphatic heterocycles. The number of rotatable bonds is 9. The summed E-state index contributed by atoms with van der Waals surface area (Å²) in [6.07, 6.45) is 0. The molecule has 25 heavy (non-hydrogen) atoms. The van der Waals surface area contributed by atoms with Gasteiger partial charge in [-0.3, -0.25) is 4.79 Å². The van der Waals surface area contributed by atoms with E-state index in [1.54, 1.807) is 24.3 Å². The molecule has 134 valence electrons. The van der Waals surface area contributed by atoms with Crippen LogP contribution in [0.5, 0.6) is 0 Å². The zero-order valence-electron chi connectivity index (χ0n) is 14.3. The minimum Gasteiger partial charge on any atom is -0.396 e. The number of carbonyl (C=O) groups is 1. The van der Waals surface area contributed by atoms with Gasteiger partial charge in [0.1, 0.15) is 0 Å². The van der Waals surface area contributed by atoms with Crippen LogP contribution in [0.2, 0.25) is 0 Å². The summed E-state index contributed by atoms with van der Waals surface area (Å²) in [5, 5.41) is 27.8. The Morgan fingerprint density at radius 1 is 0.880 bits per heavy atom. The summed E-state index contributed by atoms with van der Waals surface area (Å²) in [5.41, 5.74) is 2.18. The fraction of sp³-hybridized carbons (Fsp3) is 0.350. The fourth-order valence-electron chi connectivity index (χ4n) is 2.30. The van der Waals surface area contributed by atoms with E-state index in [9.17, 15) is 20.1 Å². The van der Waals surface area contributed by atoms with Crippen LogP contribution in [0.3, 0.4) is 0 Å². The zero-order valence-corrected chi connectivity index (χ0v) is 14.3. The highest BCUT2D eigenvalue weighted by molar-refractivity contribution is 6.08. The molecule has 0 fully saturated rings. The van der Waals surface area contributed by atoms with E-state index < -0.39 is 5.41 Å². The van der Waals surface area contributed by atoms with E-state index in [0.717, 1.165) is 11.1 Å². The molecule has 0 unspecified atom stereocenters. The van der Waals surface area contributed by atoms with Gasteiger partial charge in [0.15, 0.2) is 5.78 Å². The highest BCUT2D eigenvalue weighted by atomic mass is 16.5. The van der Waals surface area contributed by atoms with Gasteiger partial charge in [0.05, 0.1) is 38.4 Å². The van der Waals surface area contributed by atoms with Gasteiger partial charge in [-0.15, -0.1) is 0 Å². The first kappa shape index (κ1) is 19.3. The number of ketones is 1. The highest BCUT2D eigenvalue weighted by Crippen LogP contribution is 2.17. The van der Waals surface area contributed by atoms with E-state index in [1.165, 1.54) is 0 Å². The third-order valence-corrected chi connectivity index (χ3v) is 4.21. The van der Waals surface area contributed by atoms with Gasteiger partial charge in [0, 0.05) is 11.1 Å². The molecule has 0 aliphatic carbocycles. The van der Waals surface area contributed by atoms with Crippen molar-refractivity contribution >= 4 is 5.78 Å². The topological polar surface area (TPSA) is 87.0 Å². The van der Waals surface area contributed by atoms with Gasteiger partial charge in [-0.2, -0.15) is 0 Å². The van der Waals surface area contributed by atoms with Crippen molar-refractivity contribution in [1.82, 2.24) is 0 Å².